The fourth-order valence-corrected chi connectivity index (χ4v) is 6.90. The highest BCUT2D eigenvalue weighted by molar-refractivity contribution is 8.03. The Labute approximate surface area is 241 Å². The second kappa shape index (κ2) is 11.8. The Morgan fingerprint density at radius 3 is 2.90 bits per heavy atom. The lowest BCUT2D eigenvalue weighted by molar-refractivity contribution is -0.150. The van der Waals surface area contributed by atoms with Gasteiger partial charge < -0.3 is 31.6 Å². The number of allylic oxidation sites excluding steroid dienone is 2. The van der Waals surface area contributed by atoms with Gasteiger partial charge in [-0.15, -0.1) is 34.9 Å². The molecule has 40 heavy (non-hydrogen) atoms. The van der Waals surface area contributed by atoms with E-state index in [1.54, 1.807) is 24.1 Å². The summed E-state index contributed by atoms with van der Waals surface area (Å²) in [6.07, 6.45) is 7.57. The van der Waals surface area contributed by atoms with E-state index in [9.17, 15) is 19.5 Å². The number of nitrogen functional groups attached to an aromatic ring is 1. The number of hydrogen-bond donors (Lipinski definition) is 5. The van der Waals surface area contributed by atoms with E-state index in [1.807, 2.05) is 34.5 Å². The van der Waals surface area contributed by atoms with Gasteiger partial charge in [0.2, 0.25) is 0 Å². The van der Waals surface area contributed by atoms with Crippen LogP contribution in [-0.2, 0) is 19.2 Å². The number of hydrogen-bond acceptors (Lipinski definition) is 14. The summed E-state index contributed by atoms with van der Waals surface area (Å²) in [6, 6.07) is -0.932. The van der Waals surface area contributed by atoms with Crippen LogP contribution in [-0.4, -0.2) is 91.0 Å². The molecule has 1 aromatic rings. The number of thiazole rings is 1. The lowest BCUT2D eigenvalue weighted by Gasteiger charge is -2.49. The van der Waals surface area contributed by atoms with Gasteiger partial charge in [-0.05, 0) is 24.6 Å². The standard InChI is InChI=1S/C23H27N9O5S3/c1-2-37-29-16(13-11-40-23(25)26-13)19(33)27-17-20(34)32-18(22(35)36)12(10-39-21(17)32)9-30-6-7-31-15(30)4-3-14(28-31)38-8-5-24/h3-4,6-7,11,17,21,28H,2,5,8-10,24H2,1H3,(H2,25,26)(H,27,33)(H,35,36)/b29-16-/t17-,21+/m1/s1. The van der Waals surface area contributed by atoms with E-state index in [0.29, 0.717) is 17.9 Å². The zero-order valence-corrected chi connectivity index (χ0v) is 23.7. The highest BCUT2D eigenvalue weighted by Crippen LogP contribution is 2.41. The van der Waals surface area contributed by atoms with Crippen LogP contribution >= 0.6 is 34.9 Å². The first-order chi connectivity index (χ1) is 19.3. The van der Waals surface area contributed by atoms with Crippen molar-refractivity contribution < 1.29 is 24.3 Å². The normalized spacial score (nSPS) is 21.8. The number of amides is 2. The van der Waals surface area contributed by atoms with Gasteiger partial charge >= 0.3 is 5.97 Å². The van der Waals surface area contributed by atoms with Crippen molar-refractivity contribution in [2.75, 3.05) is 36.9 Å². The number of carboxylic acids is 1. The molecule has 7 N–H and O–H groups in total. The zero-order chi connectivity index (χ0) is 28.4. The monoisotopic (exact) mass is 605 g/mol. The number of carbonyl (C=O) groups excluding carboxylic acids is 2. The lowest BCUT2D eigenvalue weighted by Crippen LogP contribution is -2.71. The van der Waals surface area contributed by atoms with Crippen LogP contribution in [0.15, 0.2) is 57.2 Å². The summed E-state index contributed by atoms with van der Waals surface area (Å²) in [4.78, 5) is 50.9. The van der Waals surface area contributed by atoms with Crippen LogP contribution in [0.2, 0.25) is 0 Å². The van der Waals surface area contributed by atoms with E-state index in [2.05, 4.69) is 20.9 Å². The van der Waals surface area contributed by atoms with Gasteiger partial charge in [0.05, 0.1) is 5.03 Å². The van der Waals surface area contributed by atoms with Crippen molar-refractivity contribution in [3.8, 4) is 0 Å². The number of aliphatic carboxylic acids is 1. The molecular weight excluding hydrogens is 579 g/mol. The molecule has 5 heterocycles. The molecule has 0 radical (unpaired) electrons. The minimum atomic E-state index is -1.20. The number of aromatic nitrogens is 1. The maximum Gasteiger partial charge on any atom is 0.352 e. The quantitative estimate of drug-likeness (QED) is 0.131. The number of anilines is 1. The number of thioether (sulfide) groups is 2. The van der Waals surface area contributed by atoms with Crippen LogP contribution in [0.1, 0.15) is 12.6 Å². The minimum Gasteiger partial charge on any atom is -0.477 e. The van der Waals surface area contributed by atoms with Gasteiger partial charge in [-0.2, -0.15) is 0 Å². The third-order valence-electron chi connectivity index (χ3n) is 6.09. The first-order valence-electron chi connectivity index (χ1n) is 12.2. The van der Waals surface area contributed by atoms with Crippen molar-refractivity contribution in [3.63, 3.8) is 0 Å². The fourth-order valence-electron chi connectivity index (χ4n) is 4.35. The predicted octanol–water partition coefficient (Wildman–Crippen LogP) is 0.186. The van der Waals surface area contributed by atoms with E-state index in [1.165, 1.54) is 16.7 Å². The first kappa shape index (κ1) is 27.9. The van der Waals surface area contributed by atoms with E-state index in [0.717, 1.165) is 27.9 Å². The van der Waals surface area contributed by atoms with Crippen LogP contribution < -0.4 is 22.2 Å². The number of nitrogens with two attached hydrogens (primary N) is 2. The molecule has 0 spiro atoms. The molecule has 5 rings (SSSR count). The predicted molar refractivity (Wildman–Crippen MR) is 153 cm³/mol. The Kier molecular flexibility index (Phi) is 8.24. The molecule has 14 nitrogen and oxygen atoms in total. The van der Waals surface area contributed by atoms with E-state index < -0.39 is 29.2 Å². The van der Waals surface area contributed by atoms with Crippen LogP contribution in [0, 0.1) is 0 Å². The molecule has 1 aromatic heterocycles. The van der Waals surface area contributed by atoms with Crippen LogP contribution in [0.4, 0.5) is 5.13 Å². The zero-order valence-electron chi connectivity index (χ0n) is 21.3. The number of nitrogens with zero attached hydrogens (tertiary/aromatic N) is 5. The molecule has 212 valence electrons. The van der Waals surface area contributed by atoms with Gasteiger partial charge in [-0.3, -0.25) is 19.9 Å². The number of nitrogens with one attached hydrogen (secondary N) is 2. The van der Waals surface area contributed by atoms with Crippen molar-refractivity contribution >= 4 is 63.5 Å². The van der Waals surface area contributed by atoms with Gasteiger partial charge in [-0.1, -0.05) is 5.16 Å². The molecule has 0 aromatic carbocycles. The van der Waals surface area contributed by atoms with Gasteiger partial charge in [-0.25, -0.2) is 14.8 Å². The van der Waals surface area contributed by atoms with Crippen molar-refractivity contribution in [3.05, 3.63) is 57.7 Å². The number of fused-ring (bicyclic) bond motifs is 2. The van der Waals surface area contributed by atoms with Crippen LogP contribution in [0.3, 0.4) is 0 Å². The molecule has 0 unspecified atom stereocenters. The van der Waals surface area contributed by atoms with E-state index >= 15 is 0 Å². The van der Waals surface area contributed by atoms with Crippen molar-refractivity contribution in [2.24, 2.45) is 10.9 Å². The van der Waals surface area contributed by atoms with Crippen molar-refractivity contribution in [2.45, 2.75) is 18.3 Å². The van der Waals surface area contributed by atoms with Gasteiger partial charge in [0, 0.05) is 42.4 Å². The molecule has 0 bridgehead atoms. The van der Waals surface area contributed by atoms with Gasteiger partial charge in [0.15, 0.2) is 10.8 Å². The number of β-lactam (4-membered cyclic amide) rings is 1. The summed E-state index contributed by atoms with van der Waals surface area (Å²) in [5, 5.41) is 20.6. The van der Waals surface area contributed by atoms with Gasteiger partial charge in [0.1, 0.15) is 35.2 Å². The smallest absolute Gasteiger partial charge is 0.352 e. The molecule has 4 aliphatic heterocycles. The minimum absolute atomic E-state index is 0.0688. The average molecular weight is 606 g/mol. The fraction of sp³-hybridized carbons (Fsp3) is 0.348. The largest absolute Gasteiger partial charge is 0.477 e. The number of rotatable bonds is 11. The van der Waals surface area contributed by atoms with Crippen LogP contribution in [0.25, 0.3) is 0 Å². The Hall–Kier alpha value is -3.67. The van der Waals surface area contributed by atoms with E-state index in [-0.39, 0.29) is 35.4 Å². The number of hydrazine groups is 1. The first-order valence-corrected chi connectivity index (χ1v) is 15.1. The number of carboxylic acid groups (broad SMARTS) is 1. The molecule has 4 aliphatic rings. The number of carbonyl (C=O) groups is 3. The molecule has 2 amide bonds. The Bertz CT molecular complexity index is 1370. The SMILES string of the molecule is CCO/N=C(\C(=O)N[C@@H]1C(=O)N2C(C(=O)O)=C(CN3C=CN4NC(SCCN)=CC=C34)CS[C@@H]12)c1csc(N)n1. The second-order valence-corrected chi connectivity index (χ2v) is 11.8. The third-order valence-corrected chi connectivity index (χ3v) is 9.08. The molecule has 1 fully saturated rings. The highest BCUT2D eigenvalue weighted by atomic mass is 32.2. The molecule has 0 saturated carbocycles. The summed E-state index contributed by atoms with van der Waals surface area (Å²) in [7, 11) is 0. The Balaban J connectivity index is 1.30. The summed E-state index contributed by atoms with van der Waals surface area (Å²) < 4.78 is 0. The molecule has 0 aliphatic carbocycles. The maximum atomic E-state index is 13.2. The summed E-state index contributed by atoms with van der Waals surface area (Å²) >= 11 is 4.13. The summed E-state index contributed by atoms with van der Waals surface area (Å²) in [5.74, 6) is -0.419. The summed E-state index contributed by atoms with van der Waals surface area (Å²) in [5.41, 5.74) is 15.2. The average Bonchev–Trinajstić information content (AvgIpc) is 3.55. The number of oxime groups is 1. The van der Waals surface area contributed by atoms with E-state index in [4.69, 9.17) is 16.3 Å². The van der Waals surface area contributed by atoms with Crippen molar-refractivity contribution in [1.82, 2.24) is 30.5 Å². The topological polar surface area (TPSA) is 192 Å². The maximum absolute atomic E-state index is 13.2. The molecule has 17 heteroatoms. The van der Waals surface area contributed by atoms with Crippen molar-refractivity contribution in [1.29, 1.82) is 0 Å². The van der Waals surface area contributed by atoms with Gasteiger partial charge in [0.25, 0.3) is 11.8 Å². The molecular formula is C23H27N9O5S3. The lowest BCUT2D eigenvalue weighted by atomic mass is 10.0. The molecule has 1 saturated heterocycles. The molecule has 2 atom stereocenters. The third kappa shape index (κ3) is 5.36. The second-order valence-electron chi connectivity index (χ2n) is 8.65. The van der Waals surface area contributed by atoms with Crippen LogP contribution in [0.5, 0.6) is 0 Å². The Morgan fingerprint density at radius 2 is 2.20 bits per heavy atom. The summed E-state index contributed by atoms with van der Waals surface area (Å²) in [6.45, 7) is 2.78. The highest BCUT2D eigenvalue weighted by Gasteiger charge is 2.54. The Morgan fingerprint density at radius 1 is 1.38 bits per heavy atom.